The molecule has 0 fully saturated rings. The van der Waals surface area contributed by atoms with Crippen LogP contribution in [0.2, 0.25) is 5.02 Å². The summed E-state index contributed by atoms with van der Waals surface area (Å²) in [5.74, 6) is -0.0837. The Kier molecular flexibility index (Phi) is 3.39. The Bertz CT molecular complexity index is 585. The number of nitrogens with one attached hydrogen (secondary N) is 2. The van der Waals surface area contributed by atoms with Crippen molar-refractivity contribution in [1.82, 2.24) is 9.97 Å². The Morgan fingerprint density at radius 3 is 2.94 bits per heavy atom. The van der Waals surface area contributed by atoms with Crippen molar-refractivity contribution in [3.05, 3.63) is 57.3 Å². The van der Waals surface area contributed by atoms with E-state index in [4.69, 9.17) is 11.6 Å². The number of nitrogens with zero attached hydrogens (tertiary/aromatic N) is 1. The summed E-state index contributed by atoms with van der Waals surface area (Å²) in [6.45, 7) is 0.211. The fraction of sp³-hybridized carbons (Fsp3) is 0.0909. The van der Waals surface area contributed by atoms with E-state index in [1.165, 1.54) is 12.4 Å². The molecule has 0 bridgehead atoms. The van der Waals surface area contributed by atoms with E-state index in [1.807, 2.05) is 0 Å². The lowest BCUT2D eigenvalue weighted by atomic mass is 10.2. The van der Waals surface area contributed by atoms with Crippen LogP contribution in [0.25, 0.3) is 0 Å². The molecule has 88 valence electrons. The monoisotopic (exact) mass is 253 g/mol. The average Bonchev–Trinajstić information content (AvgIpc) is 2.33. The van der Waals surface area contributed by atoms with Crippen molar-refractivity contribution in [3.8, 4) is 0 Å². The standard InChI is InChI=1S/C11H9ClFN3O/c12-9-10(15-6-16-11(9)17)14-5-7-3-1-2-4-8(7)13/h1-4,6H,5H2,(H2,14,15,16,17). The highest BCUT2D eigenvalue weighted by molar-refractivity contribution is 6.32. The van der Waals surface area contributed by atoms with Crippen molar-refractivity contribution in [3.63, 3.8) is 0 Å². The Hall–Kier alpha value is -1.88. The molecule has 1 aromatic heterocycles. The highest BCUT2D eigenvalue weighted by Gasteiger charge is 2.06. The van der Waals surface area contributed by atoms with Gasteiger partial charge in [-0.15, -0.1) is 0 Å². The molecule has 0 saturated carbocycles. The normalized spacial score (nSPS) is 10.2. The number of H-pyrrole nitrogens is 1. The Balaban J connectivity index is 2.16. The van der Waals surface area contributed by atoms with Crippen LogP contribution >= 0.6 is 11.6 Å². The number of hydrogen-bond acceptors (Lipinski definition) is 3. The lowest BCUT2D eigenvalue weighted by Crippen LogP contribution is -2.12. The summed E-state index contributed by atoms with van der Waals surface area (Å²) in [5.41, 5.74) is 0.0448. The fourth-order valence-corrected chi connectivity index (χ4v) is 1.50. The van der Waals surface area contributed by atoms with Crippen molar-refractivity contribution in [2.24, 2.45) is 0 Å². The van der Waals surface area contributed by atoms with Crippen molar-refractivity contribution in [2.45, 2.75) is 6.54 Å². The van der Waals surface area contributed by atoms with Crippen LogP contribution in [-0.4, -0.2) is 9.97 Å². The van der Waals surface area contributed by atoms with Gasteiger partial charge in [0, 0.05) is 12.1 Å². The maximum Gasteiger partial charge on any atom is 0.271 e. The van der Waals surface area contributed by atoms with Crippen molar-refractivity contribution >= 4 is 17.4 Å². The Morgan fingerprint density at radius 1 is 1.41 bits per heavy atom. The number of aromatic nitrogens is 2. The molecule has 0 saturated heterocycles. The lowest BCUT2D eigenvalue weighted by Gasteiger charge is -2.07. The van der Waals surface area contributed by atoms with Gasteiger partial charge in [-0.3, -0.25) is 4.79 Å². The lowest BCUT2D eigenvalue weighted by molar-refractivity contribution is 0.613. The first kappa shape index (κ1) is 11.6. The van der Waals surface area contributed by atoms with Gasteiger partial charge in [-0.25, -0.2) is 9.37 Å². The van der Waals surface area contributed by atoms with Crippen LogP contribution in [0, 0.1) is 5.82 Å². The van der Waals surface area contributed by atoms with Gasteiger partial charge in [0.1, 0.15) is 10.8 Å². The van der Waals surface area contributed by atoms with E-state index < -0.39 is 5.56 Å². The topological polar surface area (TPSA) is 57.8 Å². The van der Waals surface area contributed by atoms with Gasteiger partial charge in [-0.05, 0) is 6.07 Å². The molecule has 0 aliphatic heterocycles. The van der Waals surface area contributed by atoms with E-state index in [0.29, 0.717) is 5.56 Å². The molecule has 0 atom stereocenters. The van der Waals surface area contributed by atoms with Crippen LogP contribution in [0.3, 0.4) is 0 Å². The van der Waals surface area contributed by atoms with Crippen molar-refractivity contribution < 1.29 is 4.39 Å². The van der Waals surface area contributed by atoms with Gasteiger partial charge in [-0.2, -0.15) is 0 Å². The highest BCUT2D eigenvalue weighted by Crippen LogP contribution is 2.14. The first-order valence-electron chi connectivity index (χ1n) is 4.89. The van der Waals surface area contributed by atoms with E-state index in [9.17, 15) is 9.18 Å². The Morgan fingerprint density at radius 2 is 2.18 bits per heavy atom. The minimum absolute atomic E-state index is 0.0381. The summed E-state index contributed by atoms with van der Waals surface area (Å²) in [7, 11) is 0. The first-order valence-corrected chi connectivity index (χ1v) is 5.26. The second kappa shape index (κ2) is 4.97. The molecule has 0 spiro atoms. The zero-order chi connectivity index (χ0) is 12.3. The minimum Gasteiger partial charge on any atom is -0.364 e. The third-order valence-corrected chi connectivity index (χ3v) is 2.55. The summed E-state index contributed by atoms with van der Waals surface area (Å²) in [5, 5.41) is 2.77. The fourth-order valence-electron chi connectivity index (χ4n) is 1.33. The van der Waals surface area contributed by atoms with E-state index in [2.05, 4.69) is 15.3 Å². The number of hydrogen-bond donors (Lipinski definition) is 2. The molecule has 0 radical (unpaired) electrons. The maximum atomic E-state index is 13.3. The molecular weight excluding hydrogens is 245 g/mol. The molecule has 6 heteroatoms. The van der Waals surface area contributed by atoms with Gasteiger partial charge in [-0.1, -0.05) is 29.8 Å². The van der Waals surface area contributed by atoms with Crippen molar-refractivity contribution in [1.29, 1.82) is 0 Å². The van der Waals surface area contributed by atoms with Gasteiger partial charge >= 0.3 is 0 Å². The van der Waals surface area contributed by atoms with E-state index >= 15 is 0 Å². The molecule has 1 heterocycles. The summed E-state index contributed by atoms with van der Waals surface area (Å²) < 4.78 is 13.3. The molecule has 17 heavy (non-hydrogen) atoms. The van der Waals surface area contributed by atoms with Crippen molar-refractivity contribution in [2.75, 3.05) is 5.32 Å². The number of anilines is 1. The SMILES string of the molecule is O=c1[nH]cnc(NCc2ccccc2F)c1Cl. The summed E-state index contributed by atoms with van der Waals surface area (Å²) in [6, 6.07) is 6.34. The quantitative estimate of drug-likeness (QED) is 0.881. The second-order valence-corrected chi connectivity index (χ2v) is 3.72. The first-order chi connectivity index (χ1) is 8.18. The van der Waals surface area contributed by atoms with Gasteiger partial charge in [0.25, 0.3) is 5.56 Å². The van der Waals surface area contributed by atoms with E-state index in [1.54, 1.807) is 18.2 Å². The number of benzene rings is 1. The zero-order valence-corrected chi connectivity index (χ0v) is 9.46. The summed E-state index contributed by atoms with van der Waals surface area (Å²) >= 11 is 5.74. The molecule has 0 unspecified atom stereocenters. The number of rotatable bonds is 3. The molecule has 2 aromatic rings. The zero-order valence-electron chi connectivity index (χ0n) is 8.71. The molecule has 0 aliphatic carbocycles. The average molecular weight is 254 g/mol. The van der Waals surface area contributed by atoms with Crippen LogP contribution in [0.1, 0.15) is 5.56 Å². The molecule has 2 N–H and O–H groups in total. The molecule has 0 amide bonds. The van der Waals surface area contributed by atoms with Gasteiger partial charge in [0.15, 0.2) is 5.82 Å². The van der Waals surface area contributed by atoms with E-state index in [-0.39, 0.29) is 23.2 Å². The molecule has 4 nitrogen and oxygen atoms in total. The predicted octanol–water partition coefficient (Wildman–Crippen LogP) is 2.17. The molecular formula is C11H9ClFN3O. The minimum atomic E-state index is -0.433. The van der Waals surface area contributed by atoms with Crippen LogP contribution in [0.5, 0.6) is 0 Å². The van der Waals surface area contributed by atoms with E-state index in [0.717, 1.165) is 0 Å². The summed E-state index contributed by atoms with van der Waals surface area (Å²) in [6.07, 6.45) is 1.23. The molecule has 1 aromatic carbocycles. The van der Waals surface area contributed by atoms with Gasteiger partial charge < -0.3 is 10.3 Å². The Labute approximate surface area is 101 Å². The number of aromatic amines is 1. The number of halogens is 2. The summed E-state index contributed by atoms with van der Waals surface area (Å²) in [4.78, 5) is 17.4. The molecule has 0 aliphatic rings. The predicted molar refractivity (Wildman–Crippen MR) is 63.6 cm³/mol. The van der Waals surface area contributed by atoms with Crippen LogP contribution < -0.4 is 10.9 Å². The maximum absolute atomic E-state index is 13.3. The third-order valence-electron chi connectivity index (χ3n) is 2.20. The van der Waals surface area contributed by atoms with Gasteiger partial charge in [0.05, 0.1) is 6.33 Å². The third kappa shape index (κ3) is 2.62. The smallest absolute Gasteiger partial charge is 0.271 e. The molecule has 2 rings (SSSR count). The largest absolute Gasteiger partial charge is 0.364 e. The van der Waals surface area contributed by atoms with Gasteiger partial charge in [0.2, 0.25) is 0 Å². The second-order valence-electron chi connectivity index (χ2n) is 3.34. The van der Waals surface area contributed by atoms with Crippen LogP contribution in [0.15, 0.2) is 35.4 Å². The van der Waals surface area contributed by atoms with Crippen LogP contribution in [0.4, 0.5) is 10.2 Å². The highest BCUT2D eigenvalue weighted by atomic mass is 35.5. The van der Waals surface area contributed by atoms with Crippen LogP contribution in [-0.2, 0) is 6.54 Å².